The molecule has 11 heteroatoms. The molecule has 1 aliphatic carbocycles. The molecule has 1 saturated heterocycles. The molecule has 4 rings (SSSR count). The maximum atomic E-state index is 13.8. The maximum absolute atomic E-state index is 13.8. The molecule has 1 aromatic carbocycles. The van der Waals surface area contributed by atoms with E-state index in [1.54, 1.807) is 13.2 Å². The summed E-state index contributed by atoms with van der Waals surface area (Å²) in [6, 6.07) is 7.77. The normalized spacial score (nSPS) is 26.3. The number of epoxide rings is 1. The third-order valence-electron chi connectivity index (χ3n) is 7.83. The number of allylic oxidation sites excluding steroid dienone is 3. The van der Waals surface area contributed by atoms with Crippen molar-refractivity contribution >= 4 is 0 Å². The zero-order chi connectivity index (χ0) is 30.0. The highest BCUT2D eigenvalue weighted by atomic mass is 19.4. The fourth-order valence-electron chi connectivity index (χ4n) is 5.48. The summed E-state index contributed by atoms with van der Waals surface area (Å²) in [7, 11) is 1.62. The Labute approximate surface area is 239 Å². The number of ether oxygens (including phenoxy) is 4. The van der Waals surface area contributed by atoms with Crippen molar-refractivity contribution in [2.45, 2.75) is 90.3 Å². The minimum absolute atomic E-state index is 0.0492. The molecule has 0 aromatic heterocycles. The molecule has 2 heterocycles. The predicted molar refractivity (Wildman–Crippen MR) is 145 cm³/mol. The van der Waals surface area contributed by atoms with Crippen LogP contribution in [0.5, 0.6) is 5.75 Å². The lowest BCUT2D eigenvalue weighted by molar-refractivity contribution is -0.128. The van der Waals surface area contributed by atoms with Crippen LogP contribution in [0.15, 0.2) is 59.1 Å². The number of hydrogen-bond donors (Lipinski definition) is 3. The fourth-order valence-corrected chi connectivity index (χ4v) is 5.48. The average molecular weight is 583 g/mol. The number of hydrogen-bond acceptors (Lipinski definition) is 8. The molecule has 4 unspecified atom stereocenters. The van der Waals surface area contributed by atoms with E-state index in [2.05, 4.69) is 5.32 Å². The zero-order valence-corrected chi connectivity index (χ0v) is 24.3. The molecule has 4 atom stereocenters. The summed E-state index contributed by atoms with van der Waals surface area (Å²) in [6.45, 7) is 8.18. The third kappa shape index (κ3) is 7.09. The van der Waals surface area contributed by atoms with Crippen LogP contribution in [0.2, 0.25) is 0 Å². The molecule has 3 N–H and O–H groups in total. The summed E-state index contributed by atoms with van der Waals surface area (Å²) < 4.78 is 63.9. The molecule has 228 valence electrons. The SMILES string of the molecule is CCCC1=C2OC(O)C=C(C(F)(F)F)C2(C)CC=C1OCCCCN(O)C1OC1NC(C)(C)c1ccc(OC)cc1. The van der Waals surface area contributed by atoms with Gasteiger partial charge in [0.2, 0.25) is 6.29 Å². The van der Waals surface area contributed by atoms with E-state index in [1.165, 1.54) is 12.0 Å². The molecule has 8 nitrogen and oxygen atoms in total. The standard InChI is InChI=1S/C30H41F3N2O6/c1-6-9-21-22(14-15-29(4)23(30(31,32)33)18-24(36)40-25(21)29)39-17-8-7-16-35(37)27-26(41-27)34-28(2,3)19-10-12-20(38-5)13-11-19/h10-14,18,24,26-27,34,36-37H,6-9,15-17H2,1-5H3. The molecule has 0 spiro atoms. The van der Waals surface area contributed by atoms with E-state index in [1.807, 2.05) is 45.0 Å². The number of aliphatic hydroxyl groups is 1. The summed E-state index contributed by atoms with van der Waals surface area (Å²) in [6.07, 6.45) is -2.19. The topological polar surface area (TPSA) is 96.0 Å². The van der Waals surface area contributed by atoms with Crippen LogP contribution in [0, 0.1) is 5.41 Å². The first kappa shape index (κ1) is 31.4. The molecule has 1 aromatic rings. The molecule has 0 saturated carbocycles. The minimum atomic E-state index is -4.59. The first-order valence-electron chi connectivity index (χ1n) is 14.0. The molecule has 1 fully saturated rings. The van der Waals surface area contributed by atoms with Crippen LogP contribution in [0.3, 0.4) is 0 Å². The molecule has 2 aliphatic heterocycles. The largest absolute Gasteiger partial charge is 0.497 e. The molecule has 3 aliphatic rings. The van der Waals surface area contributed by atoms with Gasteiger partial charge in [0.05, 0.1) is 19.1 Å². The van der Waals surface area contributed by atoms with Crippen molar-refractivity contribution < 1.29 is 42.4 Å². The van der Waals surface area contributed by atoms with Gasteiger partial charge in [-0.15, -0.1) is 0 Å². The highest BCUT2D eigenvalue weighted by Gasteiger charge is 2.53. The number of alkyl halides is 3. The van der Waals surface area contributed by atoms with Crippen LogP contribution in [0.4, 0.5) is 13.2 Å². The lowest BCUT2D eigenvalue weighted by atomic mass is 9.70. The lowest BCUT2D eigenvalue weighted by Crippen LogP contribution is -2.41. The van der Waals surface area contributed by atoms with Gasteiger partial charge in [-0.25, -0.2) is 0 Å². The number of nitrogens with zero attached hydrogens (tertiary/aromatic N) is 1. The zero-order valence-electron chi connectivity index (χ0n) is 24.3. The number of rotatable bonds is 13. The second kappa shape index (κ2) is 12.3. The third-order valence-corrected chi connectivity index (χ3v) is 7.83. The first-order valence-corrected chi connectivity index (χ1v) is 14.0. The van der Waals surface area contributed by atoms with Crippen molar-refractivity contribution in [1.82, 2.24) is 10.4 Å². The van der Waals surface area contributed by atoms with Crippen molar-refractivity contribution in [3.63, 3.8) is 0 Å². The van der Waals surface area contributed by atoms with Crippen LogP contribution in [-0.4, -0.2) is 60.6 Å². The van der Waals surface area contributed by atoms with Crippen LogP contribution in [-0.2, 0) is 19.7 Å². The Morgan fingerprint density at radius 1 is 1.17 bits per heavy atom. The van der Waals surface area contributed by atoms with Crippen LogP contribution in [0.1, 0.15) is 65.4 Å². The van der Waals surface area contributed by atoms with Crippen LogP contribution in [0.25, 0.3) is 0 Å². The second-order valence-electron chi connectivity index (χ2n) is 11.4. The highest BCUT2D eigenvalue weighted by molar-refractivity contribution is 5.44. The van der Waals surface area contributed by atoms with Gasteiger partial charge < -0.3 is 29.3 Å². The number of hydroxylamine groups is 2. The van der Waals surface area contributed by atoms with Crippen molar-refractivity contribution in [2.24, 2.45) is 5.41 Å². The Bertz CT molecular complexity index is 1160. The first-order chi connectivity index (χ1) is 19.3. The van der Waals surface area contributed by atoms with Gasteiger partial charge in [0.25, 0.3) is 0 Å². The Hall–Kier alpha value is -2.57. The van der Waals surface area contributed by atoms with Crippen molar-refractivity contribution in [3.8, 4) is 5.75 Å². The second-order valence-corrected chi connectivity index (χ2v) is 11.4. The van der Waals surface area contributed by atoms with Crippen LogP contribution < -0.4 is 10.1 Å². The number of benzene rings is 1. The number of halogens is 3. The van der Waals surface area contributed by atoms with E-state index in [4.69, 9.17) is 18.9 Å². The number of nitrogens with one attached hydrogen (secondary N) is 1. The lowest BCUT2D eigenvalue weighted by Gasteiger charge is -2.42. The van der Waals surface area contributed by atoms with Gasteiger partial charge in [-0.2, -0.15) is 18.2 Å². The predicted octanol–water partition coefficient (Wildman–Crippen LogP) is 5.88. The Kier molecular flexibility index (Phi) is 9.45. The molecule has 41 heavy (non-hydrogen) atoms. The monoisotopic (exact) mass is 582 g/mol. The van der Waals surface area contributed by atoms with Crippen molar-refractivity contribution in [3.05, 3.63) is 64.6 Å². The molecule has 0 bridgehead atoms. The summed E-state index contributed by atoms with van der Waals surface area (Å²) in [4.78, 5) is 0. The van der Waals surface area contributed by atoms with Crippen molar-refractivity contribution in [1.29, 1.82) is 0 Å². The Balaban J connectivity index is 1.26. The summed E-state index contributed by atoms with van der Waals surface area (Å²) in [5, 5.41) is 25.1. The fraction of sp³-hybridized carbons (Fsp3) is 0.600. The van der Waals surface area contributed by atoms with E-state index >= 15 is 0 Å². The number of methoxy groups -OCH3 is 1. The summed E-state index contributed by atoms with van der Waals surface area (Å²) in [5.41, 5.74) is -0.985. The highest BCUT2D eigenvalue weighted by Crippen LogP contribution is 2.54. The van der Waals surface area contributed by atoms with E-state index in [0.717, 1.165) is 17.4 Å². The quantitative estimate of drug-likeness (QED) is 0.115. The van der Waals surface area contributed by atoms with Gasteiger partial charge in [-0.3, -0.25) is 5.32 Å². The van der Waals surface area contributed by atoms with Gasteiger partial charge in [-0.1, -0.05) is 25.5 Å². The van der Waals surface area contributed by atoms with E-state index in [9.17, 15) is 23.5 Å². The molecular formula is C30H41F3N2O6. The van der Waals surface area contributed by atoms with Crippen LogP contribution >= 0.6 is 0 Å². The van der Waals surface area contributed by atoms with E-state index in [0.29, 0.717) is 50.2 Å². The number of aliphatic hydroxyl groups excluding tert-OH is 1. The Morgan fingerprint density at radius 3 is 2.51 bits per heavy atom. The van der Waals surface area contributed by atoms with Gasteiger partial charge in [0, 0.05) is 23.2 Å². The average Bonchev–Trinajstić information content (AvgIpc) is 3.67. The molecular weight excluding hydrogens is 541 g/mol. The maximum Gasteiger partial charge on any atom is 0.413 e. The smallest absolute Gasteiger partial charge is 0.413 e. The van der Waals surface area contributed by atoms with Gasteiger partial charge in [0.15, 0.2) is 12.5 Å². The summed E-state index contributed by atoms with van der Waals surface area (Å²) >= 11 is 0. The molecule has 0 radical (unpaired) electrons. The van der Waals surface area contributed by atoms with E-state index < -0.39 is 29.7 Å². The molecule has 0 amide bonds. The minimum Gasteiger partial charge on any atom is -0.497 e. The van der Waals surface area contributed by atoms with Gasteiger partial charge >= 0.3 is 6.18 Å². The number of fused-ring (bicyclic) bond motifs is 1. The number of unbranched alkanes of at least 4 members (excludes halogenated alkanes) is 1. The van der Waals surface area contributed by atoms with Crippen molar-refractivity contribution in [2.75, 3.05) is 20.3 Å². The Morgan fingerprint density at radius 2 is 1.88 bits per heavy atom. The van der Waals surface area contributed by atoms with Gasteiger partial charge in [0.1, 0.15) is 17.3 Å². The summed E-state index contributed by atoms with van der Waals surface area (Å²) in [5.74, 6) is 1.40. The van der Waals surface area contributed by atoms with Gasteiger partial charge in [-0.05, 0) is 76.3 Å². The van der Waals surface area contributed by atoms with E-state index in [-0.39, 0.29) is 23.9 Å².